The Morgan fingerprint density at radius 2 is 1.35 bits per heavy atom. The molecule has 0 aliphatic carbocycles. The minimum Gasteiger partial charge on any atom is -0.463 e. The van der Waals surface area contributed by atoms with Crippen LogP contribution in [0.4, 0.5) is 0 Å². The number of aliphatic hydroxyl groups is 7. The fourth-order valence-electron chi connectivity index (χ4n) is 3.74. The highest BCUT2D eigenvalue weighted by molar-refractivity contribution is 5.69. The Morgan fingerprint density at radius 3 is 1.89 bits per heavy atom. The zero-order valence-electron chi connectivity index (χ0n) is 22.5. The number of ether oxygens (including phenoxy) is 2. The molecule has 0 bridgehead atoms. The second-order valence-corrected chi connectivity index (χ2v) is 9.57. The molecule has 37 heavy (non-hydrogen) atoms. The van der Waals surface area contributed by atoms with Gasteiger partial charge < -0.3 is 45.2 Å². The standard InChI is InChI=1S/C21H40O4.C6H12O6/c1-2-3-4-5-6-7-8-9-10-11-12-13-14-15-16-17-21(24)25-19-20(23)18-22;7-1-2-3(8)4(9)5(10)6(11)12-2/h9-10,20,22-23H,2-8,11-19H2,1H3;2-11H,1H2/b10-9-;/t;2-,3-,4+,5-,6?/m.1/s1. The predicted molar refractivity (Wildman–Crippen MR) is 139 cm³/mol. The van der Waals surface area contributed by atoms with Crippen molar-refractivity contribution in [3.8, 4) is 0 Å². The molecule has 1 aliphatic heterocycles. The number of carbonyl (C=O) groups excluding carboxylic acids is 1. The van der Waals surface area contributed by atoms with Crippen LogP contribution >= 0.6 is 0 Å². The summed E-state index contributed by atoms with van der Waals surface area (Å²) in [4.78, 5) is 11.4. The first-order valence-electron chi connectivity index (χ1n) is 13.9. The van der Waals surface area contributed by atoms with Gasteiger partial charge >= 0.3 is 5.97 Å². The maximum atomic E-state index is 11.4. The maximum Gasteiger partial charge on any atom is 0.305 e. The van der Waals surface area contributed by atoms with Gasteiger partial charge in [-0.25, -0.2) is 0 Å². The molecule has 10 nitrogen and oxygen atoms in total. The lowest BCUT2D eigenvalue weighted by Gasteiger charge is -2.37. The number of rotatable bonds is 19. The SMILES string of the molecule is CCCCCCCC/C=C\CCCCCCCC(=O)OCC(O)CO.OC[C@H]1OC(O)[C@H](O)[C@@H](O)[C@@H]1O. The molecule has 1 rings (SSSR count). The normalized spacial score (nSPS) is 24.5. The highest BCUT2D eigenvalue weighted by atomic mass is 16.6. The van der Waals surface area contributed by atoms with E-state index >= 15 is 0 Å². The third-order valence-electron chi connectivity index (χ3n) is 6.16. The molecular weight excluding hydrogens is 484 g/mol. The minimum absolute atomic E-state index is 0.111. The molecule has 6 atom stereocenters. The highest BCUT2D eigenvalue weighted by Crippen LogP contribution is 2.19. The fraction of sp³-hybridized carbons (Fsp3) is 0.889. The van der Waals surface area contributed by atoms with Crippen LogP contribution in [0, 0.1) is 0 Å². The molecule has 0 aromatic heterocycles. The predicted octanol–water partition coefficient (Wildman–Crippen LogP) is 1.70. The summed E-state index contributed by atoms with van der Waals surface area (Å²) in [6.07, 6.45) is 13.1. The van der Waals surface area contributed by atoms with E-state index in [9.17, 15) is 4.79 Å². The first kappa shape index (κ1) is 35.9. The van der Waals surface area contributed by atoms with Crippen molar-refractivity contribution < 1.29 is 50.0 Å². The van der Waals surface area contributed by atoms with Gasteiger partial charge in [0.2, 0.25) is 0 Å². The Bertz CT molecular complexity index is 555. The molecule has 0 amide bonds. The van der Waals surface area contributed by atoms with E-state index in [1.807, 2.05) is 0 Å². The van der Waals surface area contributed by atoms with E-state index in [2.05, 4.69) is 23.8 Å². The zero-order valence-corrected chi connectivity index (χ0v) is 22.5. The molecule has 1 aliphatic rings. The molecule has 7 N–H and O–H groups in total. The van der Waals surface area contributed by atoms with Crippen molar-refractivity contribution >= 4 is 5.97 Å². The van der Waals surface area contributed by atoms with Crippen LogP contribution < -0.4 is 0 Å². The zero-order chi connectivity index (χ0) is 27.9. The van der Waals surface area contributed by atoms with Crippen molar-refractivity contribution in [2.45, 2.75) is 134 Å². The molecule has 0 radical (unpaired) electrons. The number of hydrogen-bond donors (Lipinski definition) is 7. The van der Waals surface area contributed by atoms with E-state index in [0.717, 1.165) is 25.7 Å². The number of aliphatic hydroxyl groups excluding tert-OH is 7. The van der Waals surface area contributed by atoms with Gasteiger partial charge in [-0.1, -0.05) is 70.4 Å². The van der Waals surface area contributed by atoms with Gasteiger partial charge in [0.25, 0.3) is 0 Å². The fourth-order valence-corrected chi connectivity index (χ4v) is 3.74. The van der Waals surface area contributed by atoms with Crippen LogP contribution in [-0.4, -0.2) is 98.3 Å². The molecule has 1 heterocycles. The van der Waals surface area contributed by atoms with E-state index in [4.69, 9.17) is 40.5 Å². The van der Waals surface area contributed by atoms with E-state index in [1.165, 1.54) is 57.8 Å². The Morgan fingerprint density at radius 1 is 0.811 bits per heavy atom. The van der Waals surface area contributed by atoms with Crippen LogP contribution in [-0.2, 0) is 14.3 Å². The summed E-state index contributed by atoms with van der Waals surface area (Å²) in [6, 6.07) is 0. The molecule has 0 aromatic carbocycles. The van der Waals surface area contributed by atoms with E-state index in [0.29, 0.717) is 6.42 Å². The van der Waals surface area contributed by atoms with Gasteiger partial charge in [-0.15, -0.1) is 0 Å². The first-order chi connectivity index (χ1) is 17.8. The molecule has 1 fully saturated rings. The summed E-state index contributed by atoms with van der Waals surface area (Å²) >= 11 is 0. The minimum atomic E-state index is -1.57. The van der Waals surface area contributed by atoms with Gasteiger partial charge in [0.05, 0.1) is 13.2 Å². The average Bonchev–Trinajstić information content (AvgIpc) is 2.90. The van der Waals surface area contributed by atoms with Crippen LogP contribution in [0.25, 0.3) is 0 Å². The van der Waals surface area contributed by atoms with E-state index in [1.54, 1.807) is 0 Å². The van der Waals surface area contributed by atoms with Gasteiger partial charge in [-0.3, -0.25) is 4.79 Å². The number of unbranched alkanes of at least 4 members (excludes halogenated alkanes) is 11. The Kier molecular flexibility index (Phi) is 23.2. The molecule has 0 aromatic rings. The summed E-state index contributed by atoms with van der Waals surface area (Å²) in [5.74, 6) is -0.287. The summed E-state index contributed by atoms with van der Waals surface area (Å²) in [7, 11) is 0. The van der Waals surface area contributed by atoms with Gasteiger partial charge in [0.1, 0.15) is 37.1 Å². The van der Waals surface area contributed by atoms with E-state index < -0.39 is 43.4 Å². The van der Waals surface area contributed by atoms with Crippen molar-refractivity contribution in [2.75, 3.05) is 19.8 Å². The van der Waals surface area contributed by atoms with Crippen LogP contribution in [0.5, 0.6) is 0 Å². The largest absolute Gasteiger partial charge is 0.463 e. The summed E-state index contributed by atoms with van der Waals surface area (Å²) in [6.45, 7) is 1.24. The number of esters is 1. The Labute approximate surface area is 221 Å². The molecule has 2 unspecified atom stereocenters. The van der Waals surface area contributed by atoms with Gasteiger partial charge in [-0.05, 0) is 32.1 Å². The lowest BCUT2D eigenvalue weighted by atomic mass is 10.00. The van der Waals surface area contributed by atoms with Crippen molar-refractivity contribution in [1.82, 2.24) is 0 Å². The molecule has 1 saturated heterocycles. The number of allylic oxidation sites excluding steroid dienone is 2. The third kappa shape index (κ3) is 18.7. The van der Waals surface area contributed by atoms with Gasteiger partial charge in [-0.2, -0.15) is 0 Å². The first-order valence-corrected chi connectivity index (χ1v) is 13.9. The average molecular weight is 537 g/mol. The lowest BCUT2D eigenvalue weighted by molar-refractivity contribution is -0.286. The Balaban J connectivity index is 0.000000893. The van der Waals surface area contributed by atoms with Crippen LogP contribution in [0.15, 0.2) is 12.2 Å². The van der Waals surface area contributed by atoms with Crippen molar-refractivity contribution in [1.29, 1.82) is 0 Å². The lowest BCUT2D eigenvalue weighted by Crippen LogP contribution is -2.58. The van der Waals surface area contributed by atoms with Crippen LogP contribution in [0.1, 0.15) is 96.8 Å². The molecule has 220 valence electrons. The monoisotopic (exact) mass is 536 g/mol. The third-order valence-corrected chi connectivity index (χ3v) is 6.16. The summed E-state index contributed by atoms with van der Waals surface area (Å²) in [5, 5.41) is 62.4. The Hall–Kier alpha value is -1.11. The smallest absolute Gasteiger partial charge is 0.305 e. The maximum absolute atomic E-state index is 11.4. The van der Waals surface area contributed by atoms with E-state index in [-0.39, 0.29) is 19.2 Å². The second-order valence-electron chi connectivity index (χ2n) is 9.57. The topological polar surface area (TPSA) is 177 Å². The highest BCUT2D eigenvalue weighted by Gasteiger charge is 2.42. The molecular formula is C27H52O10. The number of carbonyl (C=O) groups is 1. The molecule has 0 saturated carbocycles. The summed E-state index contributed by atoms with van der Waals surface area (Å²) < 4.78 is 9.43. The molecule has 10 heteroatoms. The van der Waals surface area contributed by atoms with Gasteiger partial charge in [0, 0.05) is 6.42 Å². The molecule has 0 spiro atoms. The van der Waals surface area contributed by atoms with Crippen LogP contribution in [0.2, 0.25) is 0 Å². The van der Waals surface area contributed by atoms with Gasteiger partial charge in [0.15, 0.2) is 6.29 Å². The van der Waals surface area contributed by atoms with Crippen molar-refractivity contribution in [2.24, 2.45) is 0 Å². The second kappa shape index (κ2) is 24.0. The van der Waals surface area contributed by atoms with Crippen molar-refractivity contribution in [3.63, 3.8) is 0 Å². The summed E-state index contributed by atoms with van der Waals surface area (Å²) in [5.41, 5.74) is 0. The van der Waals surface area contributed by atoms with Crippen molar-refractivity contribution in [3.05, 3.63) is 12.2 Å². The number of hydrogen-bond acceptors (Lipinski definition) is 10. The quantitative estimate of drug-likeness (QED) is 0.0730. The van der Waals surface area contributed by atoms with Crippen LogP contribution in [0.3, 0.4) is 0 Å².